The van der Waals surface area contributed by atoms with Crippen molar-refractivity contribution in [3.63, 3.8) is 0 Å². The Balaban J connectivity index is 0.00000441. The smallest absolute Gasteiger partial charge is 0.252 e. The summed E-state index contributed by atoms with van der Waals surface area (Å²) in [5.74, 6) is 0.804. The van der Waals surface area contributed by atoms with Gasteiger partial charge >= 0.3 is 0 Å². The molecule has 1 heterocycles. The number of carbonyl (C=O) groups is 2. The number of rotatable bonds is 8. The summed E-state index contributed by atoms with van der Waals surface area (Å²) in [4.78, 5) is 28.9. The van der Waals surface area contributed by atoms with Gasteiger partial charge in [-0.25, -0.2) is 0 Å². The SMILES string of the molecule is Cc1c(O)cccc1C(=O)NC(Cc1ccccc1)C(O)CN1CC2CCCCC2C[C@H]1C(=O)NC(C)(C)C.[Ac]. The summed E-state index contributed by atoms with van der Waals surface area (Å²) in [6.07, 6.45) is 5.12. The van der Waals surface area contributed by atoms with E-state index < -0.39 is 12.1 Å². The van der Waals surface area contributed by atoms with E-state index >= 15 is 0 Å². The molecule has 0 bridgehead atoms. The molecule has 215 valence electrons. The van der Waals surface area contributed by atoms with Crippen LogP contribution in [0, 0.1) is 62.8 Å². The Labute approximate surface area is 275 Å². The summed E-state index contributed by atoms with van der Waals surface area (Å²) in [6.45, 7) is 8.75. The zero-order valence-electron chi connectivity index (χ0n) is 24.4. The van der Waals surface area contributed by atoms with Crippen molar-refractivity contribution in [1.29, 1.82) is 0 Å². The molecule has 40 heavy (non-hydrogen) atoms. The van der Waals surface area contributed by atoms with Crippen LogP contribution in [0.15, 0.2) is 48.5 Å². The standard InChI is InChI=1S/C32H45N3O4.Ac/c1-21-25(15-10-16-28(21)36)30(38)33-26(17-22-11-6-5-7-12-22)29(37)20-35-19-24-14-9-8-13-23(24)18-27(35)31(39)34-32(2,3)4;/h5-7,10-12,15-16,23-24,26-27,29,36-37H,8-9,13-14,17-20H2,1-4H3,(H,33,38)(H,34,39);/t23?,24?,26?,27-,29?;/m0./s1. The number of piperidine rings is 1. The normalized spacial score (nSPS) is 22.8. The maximum absolute atomic E-state index is 13.4. The first kappa shape index (κ1) is 33.0. The van der Waals surface area contributed by atoms with E-state index in [1.54, 1.807) is 25.1 Å². The van der Waals surface area contributed by atoms with Crippen LogP contribution in [0.4, 0.5) is 0 Å². The molecule has 2 aromatic carbocycles. The number of hydrogen-bond acceptors (Lipinski definition) is 5. The maximum Gasteiger partial charge on any atom is 0.252 e. The minimum absolute atomic E-state index is 0. The van der Waals surface area contributed by atoms with Crippen LogP contribution in [0.2, 0.25) is 0 Å². The topological polar surface area (TPSA) is 102 Å². The van der Waals surface area contributed by atoms with Crippen LogP contribution >= 0.6 is 0 Å². The molecule has 1 radical (unpaired) electrons. The molecule has 2 amide bonds. The van der Waals surface area contributed by atoms with Crippen LogP contribution < -0.4 is 10.6 Å². The monoisotopic (exact) mass is 762 g/mol. The number of nitrogens with one attached hydrogen (secondary N) is 2. The average molecular weight is 763 g/mol. The maximum atomic E-state index is 13.4. The fraction of sp³-hybridized carbons (Fsp3) is 0.562. The summed E-state index contributed by atoms with van der Waals surface area (Å²) in [5.41, 5.74) is 1.54. The number of β-amino-alcohol motifs (C(OH)–C–C–N with tert-alkyl or cyclic N) is 1. The second-order valence-corrected chi connectivity index (χ2v) is 12.5. The number of phenols is 1. The Morgan fingerprint density at radius 1 is 1.02 bits per heavy atom. The van der Waals surface area contributed by atoms with Gasteiger partial charge in [-0.15, -0.1) is 0 Å². The number of amides is 2. The van der Waals surface area contributed by atoms with Gasteiger partial charge in [0.05, 0.1) is 18.2 Å². The second kappa shape index (κ2) is 14.6. The second-order valence-electron chi connectivity index (χ2n) is 12.5. The van der Waals surface area contributed by atoms with E-state index in [2.05, 4.69) is 15.5 Å². The number of hydrogen-bond donors (Lipinski definition) is 4. The third-order valence-electron chi connectivity index (χ3n) is 8.35. The molecule has 0 aromatic heterocycles. The summed E-state index contributed by atoms with van der Waals surface area (Å²) in [6, 6.07) is 13.8. The first-order chi connectivity index (χ1) is 18.5. The van der Waals surface area contributed by atoms with Gasteiger partial charge in [0, 0.05) is 73.8 Å². The van der Waals surface area contributed by atoms with Crippen molar-refractivity contribution in [3.05, 3.63) is 65.2 Å². The summed E-state index contributed by atoms with van der Waals surface area (Å²) in [5, 5.41) is 28.0. The van der Waals surface area contributed by atoms with E-state index in [0.29, 0.717) is 35.9 Å². The number of aromatic hydroxyl groups is 1. The van der Waals surface area contributed by atoms with Crippen LogP contribution in [0.25, 0.3) is 0 Å². The summed E-state index contributed by atoms with van der Waals surface area (Å²) < 4.78 is 0. The quantitative estimate of drug-likeness (QED) is 0.324. The molecule has 5 atom stereocenters. The minimum atomic E-state index is -0.892. The number of aliphatic hydroxyl groups is 1. The van der Waals surface area contributed by atoms with E-state index in [4.69, 9.17) is 0 Å². The van der Waals surface area contributed by atoms with Crippen molar-refractivity contribution in [3.8, 4) is 5.75 Å². The Morgan fingerprint density at radius 3 is 2.38 bits per heavy atom. The molecule has 7 nitrogen and oxygen atoms in total. The number of benzene rings is 2. The molecule has 8 heteroatoms. The van der Waals surface area contributed by atoms with Gasteiger partial charge < -0.3 is 20.8 Å². The van der Waals surface area contributed by atoms with E-state index in [9.17, 15) is 19.8 Å². The van der Waals surface area contributed by atoms with Crippen molar-refractivity contribution in [2.45, 2.75) is 89.9 Å². The molecular formula is C32H45AcN3O4. The van der Waals surface area contributed by atoms with Gasteiger partial charge in [0.25, 0.3) is 5.91 Å². The van der Waals surface area contributed by atoms with Gasteiger partial charge in [0.15, 0.2) is 0 Å². The van der Waals surface area contributed by atoms with Gasteiger partial charge in [-0.05, 0) is 76.5 Å². The molecule has 2 aliphatic rings. The number of phenolic OH excluding ortho intramolecular Hbond substituents is 1. The first-order valence-electron chi connectivity index (χ1n) is 14.4. The number of carbonyl (C=O) groups excluding carboxylic acids is 2. The Morgan fingerprint density at radius 2 is 1.70 bits per heavy atom. The first-order valence-corrected chi connectivity index (χ1v) is 14.4. The van der Waals surface area contributed by atoms with Gasteiger partial charge in [-0.2, -0.15) is 0 Å². The molecule has 0 spiro atoms. The molecule has 1 saturated carbocycles. The summed E-state index contributed by atoms with van der Waals surface area (Å²) >= 11 is 0. The van der Waals surface area contributed by atoms with Crippen molar-refractivity contribution in [1.82, 2.24) is 15.5 Å². The van der Waals surface area contributed by atoms with Crippen molar-refractivity contribution in [2.75, 3.05) is 13.1 Å². The zero-order valence-corrected chi connectivity index (χ0v) is 29.1. The fourth-order valence-electron chi connectivity index (χ4n) is 6.26. The average Bonchev–Trinajstić information content (AvgIpc) is 2.89. The number of fused-ring (bicyclic) bond motifs is 1. The number of nitrogens with zero attached hydrogens (tertiary/aromatic N) is 1. The van der Waals surface area contributed by atoms with Gasteiger partial charge in [-0.1, -0.05) is 55.7 Å². The molecule has 1 aliphatic carbocycles. The largest absolute Gasteiger partial charge is 0.508 e. The molecule has 1 saturated heterocycles. The van der Waals surface area contributed by atoms with Crippen molar-refractivity contribution < 1.29 is 63.9 Å². The number of likely N-dealkylation sites (tertiary alicyclic amines) is 1. The molecule has 2 fully saturated rings. The molecule has 1 aliphatic heterocycles. The molecule has 4 rings (SSSR count). The minimum Gasteiger partial charge on any atom is -0.508 e. The van der Waals surface area contributed by atoms with Gasteiger partial charge in [-0.3, -0.25) is 14.5 Å². The molecular weight excluding hydrogens is 717 g/mol. The van der Waals surface area contributed by atoms with E-state index in [1.807, 2.05) is 51.1 Å². The van der Waals surface area contributed by atoms with E-state index in [1.165, 1.54) is 12.8 Å². The third kappa shape index (κ3) is 8.77. The van der Waals surface area contributed by atoms with Crippen LogP contribution in [-0.2, 0) is 11.2 Å². The predicted octanol–water partition coefficient (Wildman–Crippen LogP) is 4.20. The van der Waals surface area contributed by atoms with Gasteiger partial charge in [0.2, 0.25) is 5.91 Å². The zero-order chi connectivity index (χ0) is 28.2. The Hall–Kier alpha value is -1.46. The van der Waals surface area contributed by atoms with E-state index in [0.717, 1.165) is 31.4 Å². The number of aliphatic hydroxyl groups excluding tert-OH is 1. The van der Waals surface area contributed by atoms with Crippen LogP contribution in [0.1, 0.15) is 74.4 Å². The van der Waals surface area contributed by atoms with Gasteiger partial charge in [0.1, 0.15) is 5.75 Å². The Bertz CT molecular complexity index is 1140. The predicted molar refractivity (Wildman–Crippen MR) is 154 cm³/mol. The Kier molecular flexibility index (Phi) is 12.1. The van der Waals surface area contributed by atoms with Crippen LogP contribution in [0.5, 0.6) is 5.75 Å². The molecule has 2 aromatic rings. The van der Waals surface area contributed by atoms with Crippen LogP contribution in [-0.4, -0.2) is 63.7 Å². The molecule has 4 unspecified atom stereocenters. The third-order valence-corrected chi connectivity index (χ3v) is 8.35. The van der Waals surface area contributed by atoms with Crippen molar-refractivity contribution in [2.24, 2.45) is 11.8 Å². The summed E-state index contributed by atoms with van der Waals surface area (Å²) in [7, 11) is 0. The van der Waals surface area contributed by atoms with Crippen molar-refractivity contribution >= 4 is 11.8 Å². The molecule has 4 N–H and O–H groups in total. The van der Waals surface area contributed by atoms with E-state index in [-0.39, 0.29) is 73.2 Å². The van der Waals surface area contributed by atoms with Crippen LogP contribution in [0.3, 0.4) is 0 Å². The fourth-order valence-corrected chi connectivity index (χ4v) is 6.26.